The minimum atomic E-state index is -0.0971. The number of piperidine rings is 1. The highest BCUT2D eigenvalue weighted by Crippen LogP contribution is 2.14. The highest BCUT2D eigenvalue weighted by Gasteiger charge is 2.10. The smallest absolute Gasteiger partial charge is 0.230 e. The molecule has 2 N–H and O–H groups in total. The predicted octanol–water partition coefficient (Wildman–Crippen LogP) is 3.69. The van der Waals surface area contributed by atoms with Crippen molar-refractivity contribution in [1.82, 2.24) is 15.2 Å². The number of aliphatic hydroxyl groups is 1. The first-order chi connectivity index (χ1) is 14.2. The third kappa shape index (κ3) is 7.95. The van der Waals surface area contributed by atoms with Gasteiger partial charge in [0.05, 0.1) is 24.8 Å². The summed E-state index contributed by atoms with van der Waals surface area (Å²) in [6.07, 6.45) is 11.3. The average molecular weight is 416 g/mol. The molecule has 2 aromatic heterocycles. The zero-order chi connectivity index (χ0) is 20.3. The summed E-state index contributed by atoms with van der Waals surface area (Å²) in [4.78, 5) is 18.7. The molecule has 0 spiro atoms. The van der Waals surface area contributed by atoms with Crippen LogP contribution >= 0.6 is 11.8 Å². The second kappa shape index (κ2) is 11.7. The second-order valence-corrected chi connectivity index (χ2v) is 8.28. The number of rotatable bonds is 10. The molecule has 1 saturated heterocycles. The van der Waals surface area contributed by atoms with Crippen molar-refractivity contribution < 1.29 is 14.3 Å². The number of furan rings is 1. The number of allylic oxidation sites excluding steroid dienone is 1. The van der Waals surface area contributed by atoms with Crippen molar-refractivity contribution in [3.63, 3.8) is 0 Å². The first-order valence-electron chi connectivity index (χ1n) is 10.1. The molecule has 0 unspecified atom stereocenters. The van der Waals surface area contributed by atoms with Gasteiger partial charge < -0.3 is 14.8 Å². The minimum absolute atomic E-state index is 0.0971. The zero-order valence-corrected chi connectivity index (χ0v) is 17.5. The Labute approximate surface area is 176 Å². The van der Waals surface area contributed by atoms with Crippen molar-refractivity contribution in [3.05, 3.63) is 65.6 Å². The fourth-order valence-corrected chi connectivity index (χ4v) is 4.07. The van der Waals surface area contributed by atoms with Crippen LogP contribution in [0.4, 0.5) is 0 Å². The van der Waals surface area contributed by atoms with Gasteiger partial charge in [0, 0.05) is 36.2 Å². The van der Waals surface area contributed by atoms with Crippen LogP contribution < -0.4 is 5.32 Å². The fourth-order valence-electron chi connectivity index (χ4n) is 3.28. The molecule has 1 fully saturated rings. The lowest BCUT2D eigenvalue weighted by Crippen LogP contribution is -2.29. The Balaban J connectivity index is 1.37. The molecule has 2 aromatic rings. The molecular weight excluding hydrogens is 386 g/mol. The summed E-state index contributed by atoms with van der Waals surface area (Å²) < 4.78 is 5.00. The second-order valence-electron chi connectivity index (χ2n) is 7.29. The van der Waals surface area contributed by atoms with Gasteiger partial charge in [-0.25, -0.2) is 0 Å². The number of carbonyl (C=O) groups excluding carboxylic acids is 1. The number of thioether (sulfide) groups is 1. The quantitative estimate of drug-likeness (QED) is 0.576. The number of likely N-dealkylation sites (tertiary alicyclic amines) is 1. The summed E-state index contributed by atoms with van der Waals surface area (Å²) in [5, 5.41) is 12.8. The Kier molecular flexibility index (Phi) is 8.64. The molecule has 1 amide bonds. The maximum absolute atomic E-state index is 11.9. The molecular formula is C22H29N3O3S. The standard InChI is InChI=1S/C22H29N3O3S/c26-21(13-24-22(27)17-29-16-19-7-11-28-15-19)5-4-20-12-18(6-8-23-20)14-25-9-2-1-3-10-25/h5-8,11-12,15,26H,1-4,9-10,13-14,16-17H2,(H,24,27). The highest BCUT2D eigenvalue weighted by atomic mass is 32.2. The van der Waals surface area contributed by atoms with Gasteiger partial charge in [-0.3, -0.25) is 14.7 Å². The molecule has 29 heavy (non-hydrogen) atoms. The van der Waals surface area contributed by atoms with Crippen LogP contribution in [0.25, 0.3) is 0 Å². The topological polar surface area (TPSA) is 78.6 Å². The normalized spacial score (nSPS) is 15.4. The van der Waals surface area contributed by atoms with Crippen molar-refractivity contribution in [3.8, 4) is 0 Å². The molecule has 1 aliphatic heterocycles. The molecule has 6 nitrogen and oxygen atoms in total. The monoisotopic (exact) mass is 415 g/mol. The number of aromatic nitrogens is 1. The first-order valence-corrected chi connectivity index (χ1v) is 11.2. The van der Waals surface area contributed by atoms with E-state index in [0.29, 0.717) is 12.2 Å². The summed E-state index contributed by atoms with van der Waals surface area (Å²) in [5.74, 6) is 1.13. The van der Waals surface area contributed by atoms with Crippen molar-refractivity contribution >= 4 is 17.7 Å². The van der Waals surface area contributed by atoms with Crippen LogP contribution in [0.5, 0.6) is 0 Å². The van der Waals surface area contributed by atoms with E-state index >= 15 is 0 Å². The van der Waals surface area contributed by atoms with Crippen LogP contribution in [0.1, 0.15) is 36.1 Å². The largest absolute Gasteiger partial charge is 0.511 e. The van der Waals surface area contributed by atoms with Crippen molar-refractivity contribution in [2.45, 2.75) is 38.0 Å². The van der Waals surface area contributed by atoms with Gasteiger partial charge in [-0.1, -0.05) is 6.42 Å². The highest BCUT2D eigenvalue weighted by molar-refractivity contribution is 7.99. The van der Waals surface area contributed by atoms with Gasteiger partial charge in [0.2, 0.25) is 5.91 Å². The lowest BCUT2D eigenvalue weighted by molar-refractivity contribution is -0.118. The fraction of sp³-hybridized carbons (Fsp3) is 0.455. The number of hydrogen-bond acceptors (Lipinski definition) is 6. The Bertz CT molecular complexity index is 786. The molecule has 0 atom stereocenters. The minimum Gasteiger partial charge on any atom is -0.511 e. The van der Waals surface area contributed by atoms with Gasteiger partial charge in [0.1, 0.15) is 5.76 Å². The molecule has 0 saturated carbocycles. The van der Waals surface area contributed by atoms with E-state index < -0.39 is 0 Å². The molecule has 0 aliphatic carbocycles. The number of amides is 1. The zero-order valence-electron chi connectivity index (χ0n) is 16.7. The van der Waals surface area contributed by atoms with E-state index in [0.717, 1.165) is 23.6 Å². The van der Waals surface area contributed by atoms with Crippen LogP contribution in [0.15, 0.2) is 53.2 Å². The maximum Gasteiger partial charge on any atom is 0.230 e. The Morgan fingerprint density at radius 3 is 2.93 bits per heavy atom. The molecule has 0 aromatic carbocycles. The molecule has 1 aliphatic rings. The molecule has 7 heteroatoms. The van der Waals surface area contributed by atoms with Gasteiger partial charge in [0.15, 0.2) is 0 Å². The van der Waals surface area contributed by atoms with Crippen LogP contribution in [-0.2, 0) is 23.5 Å². The van der Waals surface area contributed by atoms with E-state index in [1.807, 2.05) is 12.3 Å². The number of nitrogens with zero attached hydrogens (tertiary/aromatic N) is 2. The summed E-state index contributed by atoms with van der Waals surface area (Å²) in [5.41, 5.74) is 3.24. The van der Waals surface area contributed by atoms with Crippen molar-refractivity contribution in [2.24, 2.45) is 0 Å². The summed E-state index contributed by atoms with van der Waals surface area (Å²) >= 11 is 1.51. The van der Waals surface area contributed by atoms with Crippen LogP contribution in [0.3, 0.4) is 0 Å². The summed E-state index contributed by atoms with van der Waals surface area (Å²) in [6, 6.07) is 6.04. The van der Waals surface area contributed by atoms with E-state index in [2.05, 4.69) is 27.3 Å². The number of nitrogens with one attached hydrogen (secondary N) is 1. The molecule has 156 valence electrons. The SMILES string of the molecule is O=C(CSCc1ccoc1)NCC(O)=CCc1cc(CN2CCCCC2)ccn1. The van der Waals surface area contributed by atoms with Crippen LogP contribution in [0, 0.1) is 0 Å². The predicted molar refractivity (Wildman–Crippen MR) is 116 cm³/mol. The average Bonchev–Trinajstić information content (AvgIpc) is 3.25. The van der Waals surface area contributed by atoms with E-state index in [9.17, 15) is 9.90 Å². The first kappa shape index (κ1) is 21.5. The Hall–Kier alpha value is -2.25. The lowest BCUT2D eigenvalue weighted by Gasteiger charge is -2.26. The molecule has 0 bridgehead atoms. The van der Waals surface area contributed by atoms with Gasteiger partial charge in [-0.05, 0) is 55.8 Å². The van der Waals surface area contributed by atoms with E-state index in [1.165, 1.54) is 49.7 Å². The van der Waals surface area contributed by atoms with Crippen molar-refractivity contribution in [2.75, 3.05) is 25.4 Å². The van der Waals surface area contributed by atoms with E-state index in [4.69, 9.17) is 4.42 Å². The van der Waals surface area contributed by atoms with Gasteiger partial charge >= 0.3 is 0 Å². The number of carbonyl (C=O) groups is 1. The van der Waals surface area contributed by atoms with Gasteiger partial charge in [-0.15, -0.1) is 11.8 Å². The number of pyridine rings is 1. The third-order valence-electron chi connectivity index (χ3n) is 4.83. The Morgan fingerprint density at radius 2 is 2.14 bits per heavy atom. The molecule has 3 heterocycles. The Morgan fingerprint density at radius 1 is 1.28 bits per heavy atom. The van der Waals surface area contributed by atoms with Crippen LogP contribution in [-0.4, -0.2) is 46.3 Å². The lowest BCUT2D eigenvalue weighted by atomic mass is 10.1. The van der Waals surface area contributed by atoms with Crippen molar-refractivity contribution in [1.29, 1.82) is 0 Å². The summed E-state index contributed by atoms with van der Waals surface area (Å²) in [7, 11) is 0. The van der Waals surface area contributed by atoms with Crippen LogP contribution in [0.2, 0.25) is 0 Å². The van der Waals surface area contributed by atoms with Gasteiger partial charge in [-0.2, -0.15) is 0 Å². The maximum atomic E-state index is 11.9. The molecule has 0 radical (unpaired) electrons. The number of aliphatic hydroxyl groups excluding tert-OH is 1. The van der Waals surface area contributed by atoms with E-state index in [1.54, 1.807) is 18.6 Å². The van der Waals surface area contributed by atoms with Gasteiger partial charge in [0.25, 0.3) is 0 Å². The molecule has 3 rings (SSSR count). The third-order valence-corrected chi connectivity index (χ3v) is 5.84. The van der Waals surface area contributed by atoms with E-state index in [-0.39, 0.29) is 18.2 Å². The summed E-state index contributed by atoms with van der Waals surface area (Å²) in [6.45, 7) is 3.42. The number of hydrogen-bond donors (Lipinski definition) is 2.